The van der Waals surface area contributed by atoms with E-state index in [9.17, 15) is 0 Å². The number of furan rings is 1. The van der Waals surface area contributed by atoms with E-state index in [1.807, 2.05) is 79.7 Å². The topological polar surface area (TPSA) is 50.5 Å². The molecule has 1 saturated heterocycles. The molecule has 5 nitrogen and oxygen atoms in total. The van der Waals surface area contributed by atoms with Gasteiger partial charge in [-0.05, 0) is 79.8 Å². The van der Waals surface area contributed by atoms with E-state index in [1.165, 1.54) is 0 Å². The van der Waals surface area contributed by atoms with Crippen LogP contribution in [0.15, 0.2) is 106 Å². The summed E-state index contributed by atoms with van der Waals surface area (Å²) in [5.41, 5.74) is 1.87. The average molecular weight is 474 g/mol. The molecule has 1 fully saturated rings. The first-order valence-corrected chi connectivity index (χ1v) is 12.0. The summed E-state index contributed by atoms with van der Waals surface area (Å²) in [5, 5.41) is 4.93. The minimum atomic E-state index is -0.185. The van der Waals surface area contributed by atoms with Crippen molar-refractivity contribution in [1.82, 2.24) is 10.3 Å². The summed E-state index contributed by atoms with van der Waals surface area (Å²) >= 11 is 7.38. The van der Waals surface area contributed by atoms with Gasteiger partial charge in [0.05, 0.1) is 18.3 Å². The second-order valence-electron chi connectivity index (χ2n) is 7.50. The number of pyridine rings is 1. The molecule has 166 valence electrons. The highest BCUT2D eigenvalue weighted by Gasteiger charge is 2.42. The monoisotopic (exact) mass is 473 g/mol. The molecule has 1 N–H and O–H groups in total. The summed E-state index contributed by atoms with van der Waals surface area (Å²) in [7, 11) is 0. The first kappa shape index (κ1) is 21.6. The molecule has 1 aliphatic heterocycles. The Morgan fingerprint density at radius 1 is 1.00 bits per heavy atom. The van der Waals surface area contributed by atoms with Crippen LogP contribution in [0.2, 0.25) is 0 Å². The molecule has 1 aliphatic rings. The molecule has 2 atom stereocenters. The SMILES string of the molecule is CCOc1ccc(N2C(=S)N[C@@H](c3ccccn3)[C@H]2c2ccc(Sc3ccccc3)o2)cc1. The van der Waals surface area contributed by atoms with Gasteiger partial charge in [-0.1, -0.05) is 36.0 Å². The number of aromatic nitrogens is 1. The number of rotatable bonds is 7. The Morgan fingerprint density at radius 2 is 1.79 bits per heavy atom. The lowest BCUT2D eigenvalue weighted by Crippen LogP contribution is -2.29. The summed E-state index contributed by atoms with van der Waals surface area (Å²) < 4.78 is 12.0. The van der Waals surface area contributed by atoms with Crippen molar-refractivity contribution in [2.45, 2.75) is 29.0 Å². The van der Waals surface area contributed by atoms with Crippen molar-refractivity contribution in [3.05, 3.63) is 103 Å². The molecular weight excluding hydrogens is 450 g/mol. The van der Waals surface area contributed by atoms with E-state index in [0.717, 1.165) is 32.9 Å². The van der Waals surface area contributed by atoms with Gasteiger partial charge in [0.25, 0.3) is 0 Å². The number of anilines is 1. The van der Waals surface area contributed by atoms with Gasteiger partial charge in [0.15, 0.2) is 10.2 Å². The van der Waals surface area contributed by atoms with Crippen LogP contribution in [0.3, 0.4) is 0 Å². The van der Waals surface area contributed by atoms with E-state index in [0.29, 0.717) is 11.7 Å². The molecule has 0 spiro atoms. The van der Waals surface area contributed by atoms with Gasteiger partial charge in [-0.25, -0.2) is 0 Å². The fraction of sp³-hybridized carbons (Fsp3) is 0.154. The third kappa shape index (κ3) is 4.60. The molecule has 0 unspecified atom stereocenters. The Morgan fingerprint density at radius 3 is 2.52 bits per heavy atom. The van der Waals surface area contributed by atoms with Crippen molar-refractivity contribution in [3.63, 3.8) is 0 Å². The second-order valence-corrected chi connectivity index (χ2v) is 8.96. The molecular formula is C26H23N3O2S2. The van der Waals surface area contributed by atoms with Crippen LogP contribution < -0.4 is 15.0 Å². The van der Waals surface area contributed by atoms with Gasteiger partial charge < -0.3 is 19.4 Å². The fourth-order valence-electron chi connectivity index (χ4n) is 3.94. The van der Waals surface area contributed by atoms with Gasteiger partial charge in [-0.15, -0.1) is 0 Å². The molecule has 5 rings (SSSR count). The Kier molecular flexibility index (Phi) is 6.32. The summed E-state index contributed by atoms with van der Waals surface area (Å²) in [6.07, 6.45) is 1.80. The number of thiocarbonyl (C=S) groups is 1. The Hall–Kier alpha value is -3.29. The van der Waals surface area contributed by atoms with Crippen LogP contribution in [-0.4, -0.2) is 16.7 Å². The van der Waals surface area contributed by atoms with Gasteiger partial charge in [0.1, 0.15) is 17.6 Å². The van der Waals surface area contributed by atoms with Crippen LogP contribution in [-0.2, 0) is 0 Å². The third-order valence-electron chi connectivity index (χ3n) is 5.38. The van der Waals surface area contributed by atoms with E-state index in [2.05, 4.69) is 27.3 Å². The fourth-order valence-corrected chi connectivity index (χ4v) is 5.09. The third-order valence-corrected chi connectivity index (χ3v) is 6.62. The highest BCUT2D eigenvalue weighted by molar-refractivity contribution is 7.99. The molecule has 0 amide bonds. The molecule has 7 heteroatoms. The lowest BCUT2D eigenvalue weighted by Gasteiger charge is -2.26. The van der Waals surface area contributed by atoms with Crippen LogP contribution in [0.5, 0.6) is 5.75 Å². The molecule has 0 bridgehead atoms. The highest BCUT2D eigenvalue weighted by atomic mass is 32.2. The Labute approximate surface area is 202 Å². The van der Waals surface area contributed by atoms with E-state index in [1.54, 1.807) is 18.0 Å². The zero-order chi connectivity index (χ0) is 22.6. The molecule has 4 aromatic rings. The summed E-state index contributed by atoms with van der Waals surface area (Å²) in [6, 6.07) is 27.8. The van der Waals surface area contributed by atoms with Gasteiger partial charge in [-0.2, -0.15) is 0 Å². The van der Waals surface area contributed by atoms with Gasteiger partial charge in [0.2, 0.25) is 0 Å². The quantitative estimate of drug-likeness (QED) is 0.312. The minimum Gasteiger partial charge on any atom is -0.494 e. The summed E-state index contributed by atoms with van der Waals surface area (Å²) in [4.78, 5) is 7.82. The maximum atomic E-state index is 6.35. The smallest absolute Gasteiger partial charge is 0.174 e. The zero-order valence-corrected chi connectivity index (χ0v) is 19.7. The molecule has 0 radical (unpaired) electrons. The molecule has 2 aromatic carbocycles. The summed E-state index contributed by atoms with van der Waals surface area (Å²) in [5.74, 6) is 1.65. The van der Waals surface area contributed by atoms with Gasteiger partial charge >= 0.3 is 0 Å². The van der Waals surface area contributed by atoms with Crippen molar-refractivity contribution in [2.75, 3.05) is 11.5 Å². The molecule has 33 heavy (non-hydrogen) atoms. The number of ether oxygens (including phenoxy) is 1. The van der Waals surface area contributed by atoms with Crippen molar-refractivity contribution >= 4 is 34.8 Å². The van der Waals surface area contributed by atoms with Gasteiger partial charge in [-0.3, -0.25) is 4.98 Å². The number of nitrogens with one attached hydrogen (secondary N) is 1. The van der Waals surface area contributed by atoms with Crippen molar-refractivity contribution in [2.24, 2.45) is 0 Å². The van der Waals surface area contributed by atoms with Gasteiger partial charge in [0, 0.05) is 16.8 Å². The second kappa shape index (κ2) is 9.68. The first-order chi connectivity index (χ1) is 16.2. The van der Waals surface area contributed by atoms with Crippen LogP contribution >= 0.6 is 24.0 Å². The van der Waals surface area contributed by atoms with E-state index < -0.39 is 0 Å². The lowest BCUT2D eigenvalue weighted by atomic mass is 10.0. The van der Waals surface area contributed by atoms with Crippen molar-refractivity contribution in [3.8, 4) is 5.75 Å². The van der Waals surface area contributed by atoms with E-state index >= 15 is 0 Å². The first-order valence-electron chi connectivity index (χ1n) is 10.8. The van der Waals surface area contributed by atoms with E-state index in [4.69, 9.17) is 21.4 Å². The summed E-state index contributed by atoms with van der Waals surface area (Å²) in [6.45, 7) is 2.60. The largest absolute Gasteiger partial charge is 0.494 e. The maximum absolute atomic E-state index is 6.35. The van der Waals surface area contributed by atoms with Crippen LogP contribution in [0.25, 0.3) is 0 Å². The van der Waals surface area contributed by atoms with Crippen LogP contribution in [0, 0.1) is 0 Å². The minimum absolute atomic E-state index is 0.147. The Balaban J connectivity index is 1.51. The Bertz CT molecular complexity index is 1210. The van der Waals surface area contributed by atoms with Crippen molar-refractivity contribution in [1.29, 1.82) is 0 Å². The number of hydrogen-bond acceptors (Lipinski definition) is 5. The standard InChI is InChI=1S/C26H23N3O2S2/c1-2-30-19-13-11-18(12-14-19)29-25(24(28-26(29)32)21-10-6-7-17-27-21)22-15-16-23(31-22)33-20-8-4-3-5-9-20/h3-17,24-25H,2H2,1H3,(H,28,32)/t24-,25+/m0/s1. The molecule has 0 aliphatic carbocycles. The molecule has 2 aromatic heterocycles. The highest BCUT2D eigenvalue weighted by Crippen LogP contribution is 2.43. The van der Waals surface area contributed by atoms with Crippen LogP contribution in [0.1, 0.15) is 30.5 Å². The maximum Gasteiger partial charge on any atom is 0.174 e. The number of nitrogens with zero attached hydrogens (tertiary/aromatic N) is 2. The normalized spacial score (nSPS) is 17.7. The van der Waals surface area contributed by atoms with E-state index in [-0.39, 0.29) is 12.1 Å². The number of benzene rings is 2. The van der Waals surface area contributed by atoms with Crippen molar-refractivity contribution < 1.29 is 9.15 Å². The predicted molar refractivity (Wildman–Crippen MR) is 135 cm³/mol. The lowest BCUT2D eigenvalue weighted by molar-refractivity contribution is 0.340. The van der Waals surface area contributed by atoms with Crippen LogP contribution in [0.4, 0.5) is 5.69 Å². The average Bonchev–Trinajstić information content (AvgIpc) is 3.45. The zero-order valence-electron chi connectivity index (χ0n) is 18.0. The number of hydrogen-bond donors (Lipinski definition) is 1. The molecule has 3 heterocycles. The predicted octanol–water partition coefficient (Wildman–Crippen LogP) is 6.40. The molecule has 0 saturated carbocycles.